The summed E-state index contributed by atoms with van der Waals surface area (Å²) in [4.78, 5) is 18.9. The van der Waals surface area contributed by atoms with E-state index in [-0.39, 0.29) is 5.91 Å². The molecule has 1 aromatic carbocycles. The van der Waals surface area contributed by atoms with Gasteiger partial charge in [0.2, 0.25) is 0 Å². The van der Waals surface area contributed by atoms with E-state index in [4.69, 9.17) is 0 Å². The zero-order valence-electron chi connectivity index (χ0n) is 14.8. The highest BCUT2D eigenvalue weighted by molar-refractivity contribution is 5.94. The van der Waals surface area contributed by atoms with Crippen LogP contribution in [0.5, 0.6) is 0 Å². The van der Waals surface area contributed by atoms with E-state index >= 15 is 0 Å². The minimum absolute atomic E-state index is 0.0323. The Balaban J connectivity index is 2.05. The van der Waals surface area contributed by atoms with E-state index < -0.39 is 0 Å². The number of anilines is 1. The molecule has 2 rings (SSSR count). The van der Waals surface area contributed by atoms with E-state index in [1.807, 2.05) is 24.3 Å². The minimum Gasteiger partial charge on any atom is -0.353 e. The van der Waals surface area contributed by atoms with Crippen LogP contribution in [0.15, 0.2) is 48.7 Å². The molecule has 0 fully saturated rings. The summed E-state index contributed by atoms with van der Waals surface area (Å²) in [7, 11) is 0. The third kappa shape index (κ3) is 5.37. The predicted molar refractivity (Wildman–Crippen MR) is 99.2 cm³/mol. The minimum atomic E-state index is -0.0323. The van der Waals surface area contributed by atoms with Gasteiger partial charge in [-0.3, -0.25) is 4.79 Å². The van der Waals surface area contributed by atoms with Gasteiger partial charge in [0.1, 0.15) is 5.82 Å². The Morgan fingerprint density at radius 3 is 2.62 bits per heavy atom. The Bertz CT molecular complexity index is 640. The van der Waals surface area contributed by atoms with Crippen LogP contribution in [-0.2, 0) is 6.54 Å². The van der Waals surface area contributed by atoms with Gasteiger partial charge >= 0.3 is 0 Å². The van der Waals surface area contributed by atoms with Crippen molar-refractivity contribution in [3.8, 4) is 0 Å². The molecule has 0 spiro atoms. The number of hydrogen-bond donors (Lipinski definition) is 1. The number of amides is 1. The average molecular weight is 325 g/mol. The van der Waals surface area contributed by atoms with Gasteiger partial charge in [0.25, 0.3) is 5.91 Å². The van der Waals surface area contributed by atoms with Gasteiger partial charge in [-0.05, 0) is 37.0 Å². The fourth-order valence-corrected chi connectivity index (χ4v) is 2.47. The van der Waals surface area contributed by atoms with Crippen molar-refractivity contribution in [1.29, 1.82) is 0 Å². The van der Waals surface area contributed by atoms with E-state index in [2.05, 4.69) is 48.1 Å². The van der Waals surface area contributed by atoms with Crippen molar-refractivity contribution in [2.75, 3.05) is 18.0 Å². The second kappa shape index (κ2) is 9.06. The highest BCUT2D eigenvalue weighted by Gasteiger charge is 2.11. The molecule has 24 heavy (non-hydrogen) atoms. The van der Waals surface area contributed by atoms with Crippen molar-refractivity contribution in [1.82, 2.24) is 10.3 Å². The van der Waals surface area contributed by atoms with Gasteiger partial charge in [-0.2, -0.15) is 0 Å². The van der Waals surface area contributed by atoms with Crippen LogP contribution in [0.1, 0.15) is 43.1 Å². The molecule has 0 unspecified atom stereocenters. The molecule has 4 nitrogen and oxygen atoms in total. The maximum absolute atomic E-state index is 12.3. The molecule has 1 amide bonds. The van der Waals surface area contributed by atoms with E-state index in [9.17, 15) is 4.79 Å². The quantitative estimate of drug-likeness (QED) is 0.801. The fourth-order valence-electron chi connectivity index (χ4n) is 2.47. The van der Waals surface area contributed by atoms with Gasteiger partial charge in [-0.15, -0.1) is 0 Å². The van der Waals surface area contributed by atoms with Crippen LogP contribution >= 0.6 is 0 Å². The standard InChI is InChI=1S/C20H27N3O/c1-4-23(15-17-8-6-5-7-9-17)19-14-18(11-13-21-19)20(24)22-12-10-16(2)3/h5-9,11,13-14,16H,4,10,12,15H2,1-3H3,(H,22,24). The second-order valence-electron chi connectivity index (χ2n) is 6.34. The van der Waals surface area contributed by atoms with Crippen LogP contribution in [0.25, 0.3) is 0 Å². The summed E-state index contributed by atoms with van der Waals surface area (Å²) in [6, 6.07) is 13.9. The fraction of sp³-hybridized carbons (Fsp3) is 0.400. The molecule has 0 aliphatic rings. The number of nitrogens with zero attached hydrogens (tertiary/aromatic N) is 2. The number of carbonyl (C=O) groups excluding carboxylic acids is 1. The summed E-state index contributed by atoms with van der Waals surface area (Å²) in [5.41, 5.74) is 1.89. The summed E-state index contributed by atoms with van der Waals surface area (Å²) >= 11 is 0. The van der Waals surface area contributed by atoms with Crippen LogP contribution in [0, 0.1) is 5.92 Å². The second-order valence-corrected chi connectivity index (χ2v) is 6.34. The number of carbonyl (C=O) groups is 1. The first-order valence-electron chi connectivity index (χ1n) is 8.63. The molecule has 0 atom stereocenters. The normalized spacial score (nSPS) is 10.7. The van der Waals surface area contributed by atoms with Crippen LogP contribution in [0.2, 0.25) is 0 Å². The molecular weight excluding hydrogens is 298 g/mol. The first-order valence-corrected chi connectivity index (χ1v) is 8.63. The van der Waals surface area contributed by atoms with Crippen LogP contribution in [0.3, 0.4) is 0 Å². The smallest absolute Gasteiger partial charge is 0.251 e. The Morgan fingerprint density at radius 2 is 1.96 bits per heavy atom. The Hall–Kier alpha value is -2.36. The molecular formula is C20H27N3O. The molecule has 0 bridgehead atoms. The monoisotopic (exact) mass is 325 g/mol. The summed E-state index contributed by atoms with van der Waals surface area (Å²) < 4.78 is 0. The Kier molecular flexibility index (Phi) is 6.79. The number of rotatable bonds is 8. The van der Waals surface area contributed by atoms with Crippen molar-refractivity contribution >= 4 is 11.7 Å². The number of pyridine rings is 1. The number of aromatic nitrogens is 1. The first-order chi connectivity index (χ1) is 11.6. The van der Waals surface area contributed by atoms with Crippen molar-refractivity contribution in [2.24, 2.45) is 5.92 Å². The summed E-state index contributed by atoms with van der Waals surface area (Å²) in [6.07, 6.45) is 2.69. The van der Waals surface area contributed by atoms with Crippen molar-refractivity contribution in [3.05, 3.63) is 59.8 Å². The molecule has 0 saturated carbocycles. The summed E-state index contributed by atoms with van der Waals surface area (Å²) in [5.74, 6) is 1.38. The van der Waals surface area contributed by atoms with E-state index in [1.165, 1.54) is 5.56 Å². The van der Waals surface area contributed by atoms with E-state index in [0.29, 0.717) is 18.0 Å². The van der Waals surface area contributed by atoms with Gasteiger partial charge in [0, 0.05) is 31.4 Å². The van der Waals surface area contributed by atoms with Crippen molar-refractivity contribution in [2.45, 2.75) is 33.7 Å². The molecule has 0 radical (unpaired) electrons. The lowest BCUT2D eigenvalue weighted by Crippen LogP contribution is -2.27. The lowest BCUT2D eigenvalue weighted by Gasteiger charge is -2.22. The van der Waals surface area contributed by atoms with Crippen molar-refractivity contribution in [3.63, 3.8) is 0 Å². The van der Waals surface area contributed by atoms with Gasteiger partial charge in [-0.1, -0.05) is 44.2 Å². The van der Waals surface area contributed by atoms with Crippen LogP contribution in [0.4, 0.5) is 5.82 Å². The van der Waals surface area contributed by atoms with E-state index in [0.717, 1.165) is 25.3 Å². The average Bonchev–Trinajstić information content (AvgIpc) is 2.60. The molecule has 0 saturated heterocycles. The number of hydrogen-bond acceptors (Lipinski definition) is 3. The van der Waals surface area contributed by atoms with E-state index in [1.54, 1.807) is 12.3 Å². The topological polar surface area (TPSA) is 45.2 Å². The zero-order valence-corrected chi connectivity index (χ0v) is 14.8. The molecule has 4 heteroatoms. The third-order valence-corrected chi connectivity index (χ3v) is 3.94. The van der Waals surface area contributed by atoms with Crippen LogP contribution < -0.4 is 10.2 Å². The van der Waals surface area contributed by atoms with Crippen LogP contribution in [-0.4, -0.2) is 24.0 Å². The van der Waals surface area contributed by atoms with Gasteiger partial charge in [0.15, 0.2) is 0 Å². The number of nitrogens with one attached hydrogen (secondary N) is 1. The van der Waals surface area contributed by atoms with Crippen molar-refractivity contribution < 1.29 is 4.79 Å². The van der Waals surface area contributed by atoms with Gasteiger partial charge in [-0.25, -0.2) is 4.98 Å². The molecule has 1 heterocycles. The number of benzene rings is 1. The predicted octanol–water partition coefficient (Wildman–Crippen LogP) is 3.88. The van der Waals surface area contributed by atoms with Gasteiger partial charge in [0.05, 0.1) is 0 Å². The Labute approximate surface area is 144 Å². The SMILES string of the molecule is CCN(Cc1ccccc1)c1cc(C(=O)NCCC(C)C)ccn1. The maximum Gasteiger partial charge on any atom is 0.251 e. The molecule has 1 aromatic heterocycles. The molecule has 0 aliphatic carbocycles. The zero-order chi connectivity index (χ0) is 17.4. The molecule has 128 valence electrons. The lowest BCUT2D eigenvalue weighted by molar-refractivity contribution is 0.0952. The largest absolute Gasteiger partial charge is 0.353 e. The highest BCUT2D eigenvalue weighted by atomic mass is 16.1. The summed E-state index contributed by atoms with van der Waals surface area (Å²) in [6.45, 7) is 8.72. The van der Waals surface area contributed by atoms with Gasteiger partial charge < -0.3 is 10.2 Å². The molecule has 1 N–H and O–H groups in total. The third-order valence-electron chi connectivity index (χ3n) is 3.94. The lowest BCUT2D eigenvalue weighted by atomic mass is 10.1. The Morgan fingerprint density at radius 1 is 1.21 bits per heavy atom. The molecule has 0 aliphatic heterocycles. The maximum atomic E-state index is 12.3. The summed E-state index contributed by atoms with van der Waals surface area (Å²) in [5, 5.41) is 2.98. The highest BCUT2D eigenvalue weighted by Crippen LogP contribution is 2.16. The first kappa shape index (κ1) is 18.0. The molecule has 2 aromatic rings.